The molecule has 0 spiro atoms. The van der Waals surface area contributed by atoms with Crippen LogP contribution in [0.1, 0.15) is 22.5 Å². The lowest BCUT2D eigenvalue weighted by atomic mass is 10.1. The predicted octanol–water partition coefficient (Wildman–Crippen LogP) is 1.13. The third kappa shape index (κ3) is 4.84. The number of morpholine rings is 1. The summed E-state index contributed by atoms with van der Waals surface area (Å²) in [7, 11) is -6.86. The highest BCUT2D eigenvalue weighted by atomic mass is 32.2. The first kappa shape index (κ1) is 22.0. The molecule has 2 saturated heterocycles. The summed E-state index contributed by atoms with van der Waals surface area (Å²) in [6.07, 6.45) is 1.85. The van der Waals surface area contributed by atoms with E-state index in [1.165, 1.54) is 39.7 Å². The molecule has 3 heterocycles. The molecule has 4 rings (SSSR count). The van der Waals surface area contributed by atoms with Gasteiger partial charge in [-0.3, -0.25) is 4.79 Å². The zero-order valence-corrected chi connectivity index (χ0v) is 18.5. The Labute approximate surface area is 181 Å². The van der Waals surface area contributed by atoms with Gasteiger partial charge in [0.15, 0.2) is 9.84 Å². The largest absolute Gasteiger partial charge is 0.467 e. The number of hydrogen-bond donors (Lipinski definition) is 0. The number of amides is 1. The summed E-state index contributed by atoms with van der Waals surface area (Å²) < 4.78 is 61.4. The van der Waals surface area contributed by atoms with Crippen LogP contribution in [0.25, 0.3) is 0 Å². The first-order chi connectivity index (χ1) is 14.8. The van der Waals surface area contributed by atoms with Gasteiger partial charge in [0.2, 0.25) is 10.0 Å². The van der Waals surface area contributed by atoms with Crippen LogP contribution in [0.15, 0.2) is 52.0 Å². The Balaban J connectivity index is 1.56. The molecule has 0 aliphatic carbocycles. The molecule has 1 aromatic carbocycles. The summed E-state index contributed by atoms with van der Waals surface area (Å²) >= 11 is 0. The Morgan fingerprint density at radius 2 is 1.84 bits per heavy atom. The molecule has 168 valence electrons. The van der Waals surface area contributed by atoms with Gasteiger partial charge in [-0.25, -0.2) is 16.8 Å². The van der Waals surface area contributed by atoms with E-state index >= 15 is 0 Å². The minimum absolute atomic E-state index is 0.0380. The highest BCUT2D eigenvalue weighted by Gasteiger charge is 2.35. The molecule has 11 heteroatoms. The van der Waals surface area contributed by atoms with Crippen LogP contribution in [-0.2, 0) is 31.1 Å². The third-order valence-electron chi connectivity index (χ3n) is 5.53. The summed E-state index contributed by atoms with van der Waals surface area (Å²) in [6.45, 7) is 1.41. The van der Waals surface area contributed by atoms with E-state index in [1.54, 1.807) is 12.1 Å². The van der Waals surface area contributed by atoms with Crippen molar-refractivity contribution in [3.63, 3.8) is 0 Å². The van der Waals surface area contributed by atoms with Crippen LogP contribution < -0.4 is 0 Å². The van der Waals surface area contributed by atoms with Crippen molar-refractivity contribution >= 4 is 25.8 Å². The van der Waals surface area contributed by atoms with E-state index in [0.29, 0.717) is 25.4 Å². The first-order valence-corrected chi connectivity index (χ1v) is 13.2. The molecular weight excluding hydrogens is 444 g/mol. The second kappa shape index (κ2) is 8.73. The molecule has 9 nitrogen and oxygen atoms in total. The Bertz CT molecular complexity index is 1120. The molecule has 0 radical (unpaired) electrons. The number of carbonyl (C=O) groups excluding carboxylic acids is 1. The summed E-state index contributed by atoms with van der Waals surface area (Å²) in [5, 5.41) is 0. The van der Waals surface area contributed by atoms with Crippen LogP contribution >= 0.6 is 0 Å². The van der Waals surface area contributed by atoms with Crippen LogP contribution in [0, 0.1) is 0 Å². The van der Waals surface area contributed by atoms with E-state index in [0.717, 1.165) is 0 Å². The average Bonchev–Trinajstić information content (AvgIpc) is 3.41. The van der Waals surface area contributed by atoms with Crippen molar-refractivity contribution in [2.24, 2.45) is 0 Å². The quantitative estimate of drug-likeness (QED) is 0.624. The van der Waals surface area contributed by atoms with Crippen LogP contribution in [-0.4, -0.2) is 75.8 Å². The Kier molecular flexibility index (Phi) is 6.20. The minimum atomic E-state index is -3.66. The lowest BCUT2D eigenvalue weighted by Crippen LogP contribution is -2.41. The standard InChI is InChI=1S/C20H24N2O7S2/c23-20(22(14-18-2-1-10-29-18)17-7-13-30(24,25)15-17)16-3-5-19(6-4-16)31(26,27)21-8-11-28-12-9-21/h1-6,10,17H,7-9,11-15H2/t17-/m0/s1. The van der Waals surface area contributed by atoms with Crippen molar-refractivity contribution in [2.45, 2.75) is 23.9 Å². The summed E-state index contributed by atoms with van der Waals surface area (Å²) in [6, 6.07) is 8.72. The fourth-order valence-corrected chi connectivity index (χ4v) is 6.97. The molecule has 31 heavy (non-hydrogen) atoms. The number of benzene rings is 1. The Hall–Kier alpha value is -2.21. The fourth-order valence-electron chi connectivity index (χ4n) is 3.83. The van der Waals surface area contributed by atoms with Gasteiger partial charge in [0.05, 0.1) is 42.4 Å². The molecule has 2 aromatic rings. The maximum absolute atomic E-state index is 13.2. The minimum Gasteiger partial charge on any atom is -0.467 e. The highest BCUT2D eigenvalue weighted by molar-refractivity contribution is 7.91. The van der Waals surface area contributed by atoms with Crippen molar-refractivity contribution in [1.29, 1.82) is 0 Å². The van der Waals surface area contributed by atoms with Crippen LogP contribution in [0.4, 0.5) is 0 Å². The zero-order chi connectivity index (χ0) is 22.1. The van der Waals surface area contributed by atoms with Crippen molar-refractivity contribution in [3.05, 3.63) is 54.0 Å². The van der Waals surface area contributed by atoms with E-state index in [9.17, 15) is 21.6 Å². The SMILES string of the molecule is O=C(c1ccc(S(=O)(=O)N2CCOCC2)cc1)N(Cc1ccco1)[C@H]1CCS(=O)(=O)C1. The van der Waals surface area contributed by atoms with Crippen LogP contribution in [0.2, 0.25) is 0 Å². The lowest BCUT2D eigenvalue weighted by Gasteiger charge is -2.28. The van der Waals surface area contributed by atoms with Crippen molar-refractivity contribution < 1.29 is 30.8 Å². The van der Waals surface area contributed by atoms with Gasteiger partial charge in [0, 0.05) is 24.7 Å². The van der Waals surface area contributed by atoms with Gasteiger partial charge in [-0.15, -0.1) is 0 Å². The van der Waals surface area contributed by atoms with E-state index in [2.05, 4.69) is 0 Å². The average molecular weight is 469 g/mol. The molecule has 0 N–H and O–H groups in total. The number of furan rings is 1. The molecular formula is C20H24N2O7S2. The number of nitrogens with zero attached hydrogens (tertiary/aromatic N) is 2. The van der Waals surface area contributed by atoms with E-state index in [-0.39, 0.29) is 47.5 Å². The van der Waals surface area contributed by atoms with Crippen LogP contribution in [0.5, 0.6) is 0 Å². The maximum Gasteiger partial charge on any atom is 0.254 e. The molecule has 2 aliphatic rings. The van der Waals surface area contributed by atoms with Gasteiger partial charge in [-0.2, -0.15) is 4.31 Å². The van der Waals surface area contributed by atoms with Gasteiger partial charge in [-0.1, -0.05) is 0 Å². The van der Waals surface area contributed by atoms with E-state index < -0.39 is 25.9 Å². The summed E-state index contributed by atoms with van der Waals surface area (Å²) in [5.41, 5.74) is 0.289. The number of carbonyl (C=O) groups is 1. The molecule has 1 atom stereocenters. The number of hydrogen-bond acceptors (Lipinski definition) is 7. The van der Waals surface area contributed by atoms with Gasteiger partial charge in [0.1, 0.15) is 5.76 Å². The number of rotatable bonds is 6. The number of ether oxygens (including phenoxy) is 1. The molecule has 2 fully saturated rings. The zero-order valence-electron chi connectivity index (χ0n) is 16.8. The normalized spacial score (nSPS) is 21.7. The van der Waals surface area contributed by atoms with Crippen molar-refractivity contribution in [2.75, 3.05) is 37.8 Å². The molecule has 1 aromatic heterocycles. The number of sulfone groups is 1. The number of sulfonamides is 1. The first-order valence-electron chi connectivity index (χ1n) is 9.98. The molecule has 1 amide bonds. The molecule has 0 bridgehead atoms. The molecule has 0 saturated carbocycles. The smallest absolute Gasteiger partial charge is 0.254 e. The fraction of sp³-hybridized carbons (Fsp3) is 0.450. The molecule has 2 aliphatic heterocycles. The van der Waals surface area contributed by atoms with Crippen molar-refractivity contribution in [3.8, 4) is 0 Å². The predicted molar refractivity (Wildman–Crippen MR) is 112 cm³/mol. The summed E-state index contributed by atoms with van der Waals surface area (Å²) in [4.78, 5) is 14.8. The lowest BCUT2D eigenvalue weighted by molar-refractivity contribution is 0.0666. The van der Waals surface area contributed by atoms with Crippen LogP contribution in [0.3, 0.4) is 0 Å². The van der Waals surface area contributed by atoms with Crippen molar-refractivity contribution in [1.82, 2.24) is 9.21 Å². The van der Waals surface area contributed by atoms with E-state index in [1.807, 2.05) is 0 Å². The van der Waals surface area contributed by atoms with Gasteiger partial charge >= 0.3 is 0 Å². The van der Waals surface area contributed by atoms with Gasteiger partial charge in [-0.05, 0) is 42.8 Å². The van der Waals surface area contributed by atoms with E-state index in [4.69, 9.17) is 9.15 Å². The maximum atomic E-state index is 13.2. The Morgan fingerprint density at radius 3 is 2.42 bits per heavy atom. The Morgan fingerprint density at radius 1 is 1.13 bits per heavy atom. The second-order valence-electron chi connectivity index (χ2n) is 7.61. The third-order valence-corrected chi connectivity index (χ3v) is 9.19. The monoisotopic (exact) mass is 468 g/mol. The second-order valence-corrected chi connectivity index (χ2v) is 11.8. The van der Waals surface area contributed by atoms with Gasteiger partial charge < -0.3 is 14.1 Å². The summed E-state index contributed by atoms with van der Waals surface area (Å²) in [5.74, 6) is 0.122. The van der Waals surface area contributed by atoms with Gasteiger partial charge in [0.25, 0.3) is 5.91 Å². The molecule has 0 unspecified atom stereocenters. The highest BCUT2D eigenvalue weighted by Crippen LogP contribution is 2.24. The topological polar surface area (TPSA) is 114 Å².